The standard InChI is InChI=1S/C10H11NO4S/c1-7(12)6-10(13)8-2-4-9(5-3-8)16(11,14)15/h2-6,13H,1H3,(H2,11,14,15)/b10-6-. The Morgan fingerprint density at radius 3 is 2.19 bits per heavy atom. The lowest BCUT2D eigenvalue weighted by Gasteiger charge is -2.01. The van der Waals surface area contributed by atoms with E-state index in [0.29, 0.717) is 5.56 Å². The highest BCUT2D eigenvalue weighted by molar-refractivity contribution is 7.89. The molecule has 0 aliphatic rings. The van der Waals surface area contributed by atoms with E-state index in [0.717, 1.165) is 6.08 Å². The first-order valence-corrected chi connectivity index (χ1v) is 5.90. The second-order valence-electron chi connectivity index (χ2n) is 3.21. The molecule has 0 saturated heterocycles. The van der Waals surface area contributed by atoms with Gasteiger partial charge >= 0.3 is 0 Å². The van der Waals surface area contributed by atoms with Gasteiger partial charge in [0.25, 0.3) is 0 Å². The van der Waals surface area contributed by atoms with E-state index in [-0.39, 0.29) is 16.4 Å². The molecule has 0 amide bonds. The summed E-state index contributed by atoms with van der Waals surface area (Å²) in [6.45, 7) is 1.30. The van der Waals surface area contributed by atoms with E-state index in [1.165, 1.54) is 31.2 Å². The van der Waals surface area contributed by atoms with Gasteiger partial charge < -0.3 is 5.11 Å². The van der Waals surface area contributed by atoms with Crippen molar-refractivity contribution in [2.24, 2.45) is 5.14 Å². The quantitative estimate of drug-likeness (QED) is 0.604. The molecule has 1 aromatic rings. The molecule has 0 spiro atoms. The van der Waals surface area contributed by atoms with Gasteiger partial charge in [-0.2, -0.15) is 0 Å². The summed E-state index contributed by atoms with van der Waals surface area (Å²) in [6.07, 6.45) is 1.05. The molecule has 5 nitrogen and oxygen atoms in total. The summed E-state index contributed by atoms with van der Waals surface area (Å²) in [5.74, 6) is -0.513. The van der Waals surface area contributed by atoms with E-state index in [1.807, 2.05) is 0 Å². The second kappa shape index (κ2) is 4.46. The number of hydrogen-bond acceptors (Lipinski definition) is 4. The van der Waals surface area contributed by atoms with Crippen molar-refractivity contribution in [3.8, 4) is 0 Å². The van der Waals surface area contributed by atoms with Crippen LogP contribution in [-0.4, -0.2) is 19.3 Å². The van der Waals surface area contributed by atoms with E-state index in [1.54, 1.807) is 0 Å². The number of aliphatic hydroxyl groups is 1. The first-order chi connectivity index (χ1) is 7.30. The third-order valence-electron chi connectivity index (χ3n) is 1.82. The highest BCUT2D eigenvalue weighted by Crippen LogP contribution is 2.14. The lowest BCUT2D eigenvalue weighted by Crippen LogP contribution is -2.11. The van der Waals surface area contributed by atoms with E-state index in [2.05, 4.69) is 0 Å². The smallest absolute Gasteiger partial charge is 0.238 e. The molecule has 0 bridgehead atoms. The Kier molecular flexibility index (Phi) is 3.46. The van der Waals surface area contributed by atoms with Crippen molar-refractivity contribution in [2.75, 3.05) is 0 Å². The minimum atomic E-state index is -3.74. The Balaban J connectivity index is 3.10. The van der Waals surface area contributed by atoms with Crippen molar-refractivity contribution in [3.63, 3.8) is 0 Å². The number of rotatable bonds is 3. The maximum absolute atomic E-state index is 10.9. The number of carbonyl (C=O) groups excluding carboxylic acids is 1. The summed E-state index contributed by atoms with van der Waals surface area (Å²) in [4.78, 5) is 10.7. The molecule has 86 valence electrons. The zero-order valence-electron chi connectivity index (χ0n) is 8.54. The van der Waals surface area contributed by atoms with Gasteiger partial charge in [-0.1, -0.05) is 0 Å². The number of hydrogen-bond donors (Lipinski definition) is 2. The molecule has 1 rings (SSSR count). The molecule has 0 fully saturated rings. The molecule has 0 heterocycles. The third kappa shape index (κ3) is 3.18. The minimum absolute atomic E-state index is 0.0492. The summed E-state index contributed by atoms with van der Waals surface area (Å²) >= 11 is 0. The fourth-order valence-electron chi connectivity index (χ4n) is 1.09. The van der Waals surface area contributed by atoms with Crippen LogP contribution in [0.1, 0.15) is 12.5 Å². The molecular formula is C10H11NO4S. The van der Waals surface area contributed by atoms with Gasteiger partial charge in [0.2, 0.25) is 10.0 Å². The maximum Gasteiger partial charge on any atom is 0.238 e. The van der Waals surface area contributed by atoms with Crippen LogP contribution < -0.4 is 5.14 Å². The molecule has 0 aliphatic carbocycles. The van der Waals surface area contributed by atoms with E-state index in [9.17, 15) is 18.3 Å². The van der Waals surface area contributed by atoms with Crippen molar-refractivity contribution in [1.82, 2.24) is 0 Å². The molecule has 1 aromatic carbocycles. The molecule has 0 atom stereocenters. The highest BCUT2D eigenvalue weighted by atomic mass is 32.2. The number of primary sulfonamides is 1. The Bertz CT molecular complexity index is 528. The predicted molar refractivity (Wildman–Crippen MR) is 59.1 cm³/mol. The number of benzene rings is 1. The number of ketones is 1. The van der Waals surface area contributed by atoms with E-state index in [4.69, 9.17) is 5.14 Å². The van der Waals surface area contributed by atoms with Gasteiger partial charge in [0.05, 0.1) is 4.90 Å². The fraction of sp³-hybridized carbons (Fsp3) is 0.100. The second-order valence-corrected chi connectivity index (χ2v) is 4.77. The topological polar surface area (TPSA) is 97.5 Å². The molecule has 0 unspecified atom stereocenters. The zero-order chi connectivity index (χ0) is 12.3. The molecular weight excluding hydrogens is 230 g/mol. The number of sulfonamides is 1. The molecule has 0 radical (unpaired) electrons. The minimum Gasteiger partial charge on any atom is -0.507 e. The lowest BCUT2D eigenvalue weighted by molar-refractivity contribution is -0.112. The summed E-state index contributed by atoms with van der Waals surface area (Å²) in [5, 5.41) is 14.3. The Labute approximate surface area is 93.3 Å². The van der Waals surface area contributed by atoms with Crippen LogP contribution in [0.5, 0.6) is 0 Å². The molecule has 3 N–H and O–H groups in total. The van der Waals surface area contributed by atoms with Crippen molar-refractivity contribution in [2.45, 2.75) is 11.8 Å². The largest absolute Gasteiger partial charge is 0.507 e. The third-order valence-corrected chi connectivity index (χ3v) is 2.75. The average Bonchev–Trinajstić information content (AvgIpc) is 2.15. The van der Waals surface area contributed by atoms with Gasteiger partial charge in [-0.05, 0) is 31.2 Å². The van der Waals surface area contributed by atoms with Crippen molar-refractivity contribution in [3.05, 3.63) is 35.9 Å². The summed E-state index contributed by atoms with van der Waals surface area (Å²) in [5.41, 5.74) is 0.350. The van der Waals surface area contributed by atoms with Crippen LogP contribution in [0.15, 0.2) is 35.2 Å². The number of nitrogens with two attached hydrogens (primary N) is 1. The van der Waals surface area contributed by atoms with Crippen LogP contribution in [-0.2, 0) is 14.8 Å². The number of aliphatic hydroxyl groups excluding tert-OH is 1. The lowest BCUT2D eigenvalue weighted by atomic mass is 10.1. The molecule has 16 heavy (non-hydrogen) atoms. The Morgan fingerprint density at radius 2 is 1.81 bits per heavy atom. The van der Waals surface area contributed by atoms with Gasteiger partial charge in [0.15, 0.2) is 5.78 Å². The van der Waals surface area contributed by atoms with Gasteiger partial charge in [0, 0.05) is 11.6 Å². The maximum atomic E-state index is 10.9. The zero-order valence-corrected chi connectivity index (χ0v) is 9.36. The number of carbonyl (C=O) groups is 1. The van der Waals surface area contributed by atoms with Gasteiger partial charge in [0.1, 0.15) is 5.76 Å². The van der Waals surface area contributed by atoms with Crippen molar-refractivity contribution in [1.29, 1.82) is 0 Å². The van der Waals surface area contributed by atoms with Crippen LogP contribution in [0.4, 0.5) is 0 Å². The van der Waals surface area contributed by atoms with E-state index < -0.39 is 10.0 Å². The average molecular weight is 241 g/mol. The predicted octanol–water partition coefficient (Wildman–Crippen LogP) is 0.822. The van der Waals surface area contributed by atoms with Crippen molar-refractivity contribution >= 4 is 21.6 Å². The SMILES string of the molecule is CC(=O)/C=C(\O)c1ccc(S(N)(=O)=O)cc1. The van der Waals surface area contributed by atoms with Crippen LogP contribution in [0.25, 0.3) is 5.76 Å². The molecule has 0 aromatic heterocycles. The Morgan fingerprint density at radius 1 is 1.31 bits per heavy atom. The summed E-state index contributed by atoms with van der Waals surface area (Å²) in [7, 11) is -3.74. The van der Waals surface area contributed by atoms with Gasteiger partial charge in [-0.25, -0.2) is 13.6 Å². The van der Waals surface area contributed by atoms with Crippen LogP contribution in [0, 0.1) is 0 Å². The highest BCUT2D eigenvalue weighted by Gasteiger charge is 2.08. The van der Waals surface area contributed by atoms with Crippen LogP contribution in [0.2, 0.25) is 0 Å². The molecule has 6 heteroatoms. The van der Waals surface area contributed by atoms with Crippen LogP contribution >= 0.6 is 0 Å². The molecule has 0 aliphatic heterocycles. The fourth-order valence-corrected chi connectivity index (χ4v) is 1.61. The Hall–Kier alpha value is -1.66. The number of allylic oxidation sites excluding steroid dienone is 1. The first-order valence-electron chi connectivity index (χ1n) is 4.35. The van der Waals surface area contributed by atoms with Crippen LogP contribution in [0.3, 0.4) is 0 Å². The first kappa shape index (κ1) is 12.4. The van der Waals surface area contributed by atoms with E-state index >= 15 is 0 Å². The van der Waals surface area contributed by atoms with Gasteiger partial charge in [-0.3, -0.25) is 4.79 Å². The normalized spacial score (nSPS) is 12.5. The molecule has 0 saturated carbocycles. The monoisotopic (exact) mass is 241 g/mol. The van der Waals surface area contributed by atoms with Crippen molar-refractivity contribution < 1.29 is 18.3 Å². The summed E-state index contributed by atoms with van der Waals surface area (Å²) < 4.78 is 21.9. The summed E-state index contributed by atoms with van der Waals surface area (Å²) in [6, 6.07) is 5.26. The van der Waals surface area contributed by atoms with Gasteiger partial charge in [-0.15, -0.1) is 0 Å².